The maximum Gasteiger partial charge on any atom is 0.177 e. The maximum absolute atomic E-state index is 13.5. The summed E-state index contributed by atoms with van der Waals surface area (Å²) in [6, 6.07) is 6.01. The van der Waals surface area contributed by atoms with Crippen LogP contribution in [0.3, 0.4) is 0 Å². The Morgan fingerprint density at radius 1 is 1.32 bits per heavy atom. The van der Waals surface area contributed by atoms with Crippen molar-refractivity contribution >= 4 is 11.4 Å². The molecule has 3 nitrogen and oxygen atoms in total. The largest absolute Gasteiger partial charge is 0.505 e. The molecule has 0 aromatic heterocycles. The van der Waals surface area contributed by atoms with Gasteiger partial charge in [0, 0.05) is 5.92 Å². The minimum Gasteiger partial charge on any atom is -0.505 e. The summed E-state index contributed by atoms with van der Waals surface area (Å²) in [7, 11) is 0. The lowest BCUT2D eigenvalue weighted by molar-refractivity contribution is -0.118. The summed E-state index contributed by atoms with van der Waals surface area (Å²) in [6.45, 7) is 0. The molecule has 0 radical (unpaired) electrons. The highest BCUT2D eigenvalue weighted by molar-refractivity contribution is 6.12. The third-order valence-electron chi connectivity index (χ3n) is 4.11. The van der Waals surface area contributed by atoms with E-state index in [4.69, 9.17) is 0 Å². The van der Waals surface area contributed by atoms with Gasteiger partial charge in [0.05, 0.1) is 5.57 Å². The van der Waals surface area contributed by atoms with Gasteiger partial charge in [-0.05, 0) is 42.0 Å². The van der Waals surface area contributed by atoms with E-state index in [1.165, 1.54) is 12.1 Å². The first kappa shape index (κ1) is 11.9. The number of benzene rings is 1. The number of halogens is 1. The SMILES string of the molecule is N#CC1=C(c2ccc(O)c(F)c2)C2CCCC2C1=O. The van der Waals surface area contributed by atoms with Crippen molar-refractivity contribution in [2.24, 2.45) is 11.8 Å². The van der Waals surface area contributed by atoms with Crippen LogP contribution in [-0.2, 0) is 4.79 Å². The van der Waals surface area contributed by atoms with Gasteiger partial charge in [0.1, 0.15) is 6.07 Å². The third-order valence-corrected chi connectivity index (χ3v) is 4.11. The van der Waals surface area contributed by atoms with Gasteiger partial charge in [-0.25, -0.2) is 4.39 Å². The summed E-state index contributed by atoms with van der Waals surface area (Å²) in [5.41, 5.74) is 1.36. The van der Waals surface area contributed by atoms with Gasteiger partial charge in [0.15, 0.2) is 17.3 Å². The van der Waals surface area contributed by atoms with Gasteiger partial charge < -0.3 is 5.11 Å². The smallest absolute Gasteiger partial charge is 0.177 e. The normalized spacial score (nSPS) is 25.6. The van der Waals surface area contributed by atoms with E-state index < -0.39 is 11.6 Å². The van der Waals surface area contributed by atoms with Gasteiger partial charge in [-0.1, -0.05) is 12.5 Å². The lowest BCUT2D eigenvalue weighted by atomic mass is 9.90. The Morgan fingerprint density at radius 3 is 2.74 bits per heavy atom. The van der Waals surface area contributed by atoms with E-state index in [9.17, 15) is 19.6 Å². The molecule has 1 aromatic carbocycles. The average Bonchev–Trinajstić information content (AvgIpc) is 2.95. The molecule has 19 heavy (non-hydrogen) atoms. The number of phenolic OH excluding ortho intramolecular Hbond substituents is 1. The van der Waals surface area contributed by atoms with Crippen LogP contribution >= 0.6 is 0 Å². The van der Waals surface area contributed by atoms with Crippen LogP contribution in [0.25, 0.3) is 5.57 Å². The highest BCUT2D eigenvalue weighted by Gasteiger charge is 2.44. The predicted molar refractivity (Wildman–Crippen MR) is 66.4 cm³/mol. The van der Waals surface area contributed by atoms with Gasteiger partial charge in [0.25, 0.3) is 0 Å². The van der Waals surface area contributed by atoms with Crippen LogP contribution in [0.2, 0.25) is 0 Å². The number of aromatic hydroxyl groups is 1. The molecule has 1 fully saturated rings. The van der Waals surface area contributed by atoms with Crippen LogP contribution in [0.4, 0.5) is 4.39 Å². The van der Waals surface area contributed by atoms with E-state index in [0.717, 1.165) is 19.3 Å². The summed E-state index contributed by atoms with van der Waals surface area (Å²) in [5.74, 6) is -1.33. The Bertz CT molecular complexity index is 642. The zero-order chi connectivity index (χ0) is 13.6. The molecule has 2 aliphatic carbocycles. The van der Waals surface area contributed by atoms with Crippen molar-refractivity contribution in [2.45, 2.75) is 19.3 Å². The molecule has 2 atom stereocenters. The number of ketones is 1. The lowest BCUT2D eigenvalue weighted by Crippen LogP contribution is -2.11. The van der Waals surface area contributed by atoms with Crippen molar-refractivity contribution < 1.29 is 14.3 Å². The Labute approximate surface area is 110 Å². The monoisotopic (exact) mass is 257 g/mol. The van der Waals surface area contributed by atoms with Crippen molar-refractivity contribution in [2.75, 3.05) is 0 Å². The summed E-state index contributed by atoms with van der Waals surface area (Å²) in [4.78, 5) is 12.1. The van der Waals surface area contributed by atoms with Gasteiger partial charge in [0.2, 0.25) is 0 Å². The van der Waals surface area contributed by atoms with Gasteiger partial charge >= 0.3 is 0 Å². The number of nitriles is 1. The van der Waals surface area contributed by atoms with Crippen molar-refractivity contribution in [1.29, 1.82) is 5.26 Å². The quantitative estimate of drug-likeness (QED) is 0.841. The van der Waals surface area contributed by atoms with Crippen molar-refractivity contribution in [3.8, 4) is 11.8 Å². The fraction of sp³-hybridized carbons (Fsp3) is 0.333. The Balaban J connectivity index is 2.15. The average molecular weight is 257 g/mol. The molecule has 0 aliphatic heterocycles. The van der Waals surface area contributed by atoms with Crippen LogP contribution in [0.15, 0.2) is 23.8 Å². The second-order valence-corrected chi connectivity index (χ2v) is 5.07. The standard InChI is InChI=1S/C15H12FNO2/c16-12-6-8(4-5-13(12)18)14-9-2-1-3-10(9)15(19)11(14)7-17/h4-6,9-10,18H,1-3H2. The fourth-order valence-electron chi connectivity index (χ4n) is 3.27. The second-order valence-electron chi connectivity index (χ2n) is 5.07. The molecule has 4 heteroatoms. The molecule has 0 saturated heterocycles. The summed E-state index contributed by atoms with van der Waals surface area (Å²) in [5, 5.41) is 18.4. The van der Waals surface area contributed by atoms with E-state index in [2.05, 4.69) is 0 Å². The van der Waals surface area contributed by atoms with Crippen molar-refractivity contribution in [1.82, 2.24) is 0 Å². The zero-order valence-electron chi connectivity index (χ0n) is 10.2. The fourth-order valence-corrected chi connectivity index (χ4v) is 3.27. The topological polar surface area (TPSA) is 61.1 Å². The second kappa shape index (κ2) is 4.20. The van der Waals surface area contributed by atoms with Crippen LogP contribution in [0.5, 0.6) is 5.75 Å². The van der Waals surface area contributed by atoms with Crippen molar-refractivity contribution in [3.63, 3.8) is 0 Å². The molecule has 1 aromatic rings. The molecular weight excluding hydrogens is 245 g/mol. The minimum atomic E-state index is -0.726. The molecular formula is C15H12FNO2. The highest BCUT2D eigenvalue weighted by Crippen LogP contribution is 2.49. The van der Waals surface area contributed by atoms with Gasteiger partial charge in [-0.2, -0.15) is 5.26 Å². The summed E-state index contributed by atoms with van der Waals surface area (Å²) >= 11 is 0. The lowest BCUT2D eigenvalue weighted by Gasteiger charge is -2.13. The minimum absolute atomic E-state index is 0.0334. The van der Waals surface area contributed by atoms with Crippen LogP contribution in [0.1, 0.15) is 24.8 Å². The van der Waals surface area contributed by atoms with Gasteiger partial charge in [-0.15, -0.1) is 0 Å². The van der Waals surface area contributed by atoms with E-state index in [1.54, 1.807) is 6.07 Å². The maximum atomic E-state index is 13.5. The van der Waals surface area contributed by atoms with E-state index in [-0.39, 0.29) is 23.2 Å². The number of phenols is 1. The zero-order valence-corrected chi connectivity index (χ0v) is 10.2. The predicted octanol–water partition coefficient (Wildman–Crippen LogP) is 2.81. The third kappa shape index (κ3) is 1.66. The summed E-state index contributed by atoms with van der Waals surface area (Å²) < 4.78 is 13.5. The molecule has 2 aliphatic rings. The number of carbonyl (C=O) groups excluding carboxylic acids is 1. The molecule has 0 heterocycles. The number of hydrogen-bond donors (Lipinski definition) is 1. The number of rotatable bonds is 1. The van der Waals surface area contributed by atoms with Crippen LogP contribution in [0, 0.1) is 29.0 Å². The number of carbonyl (C=O) groups is 1. The number of fused-ring (bicyclic) bond motifs is 1. The van der Waals surface area contributed by atoms with Crippen molar-refractivity contribution in [3.05, 3.63) is 35.2 Å². The van der Waals surface area contributed by atoms with Gasteiger partial charge in [-0.3, -0.25) is 4.79 Å². The first-order valence-electron chi connectivity index (χ1n) is 6.31. The molecule has 0 spiro atoms. The molecule has 1 saturated carbocycles. The van der Waals surface area contributed by atoms with E-state index in [1.807, 2.05) is 6.07 Å². The number of nitrogens with zero attached hydrogens (tertiary/aromatic N) is 1. The molecule has 1 N–H and O–H groups in total. The number of allylic oxidation sites excluding steroid dienone is 2. The summed E-state index contributed by atoms with van der Waals surface area (Å²) in [6.07, 6.45) is 2.63. The van der Waals surface area contributed by atoms with E-state index >= 15 is 0 Å². The van der Waals surface area contributed by atoms with E-state index in [0.29, 0.717) is 11.1 Å². The number of hydrogen-bond acceptors (Lipinski definition) is 3. The van der Waals surface area contributed by atoms with Crippen LogP contribution < -0.4 is 0 Å². The molecule has 96 valence electrons. The van der Waals surface area contributed by atoms with Crippen LogP contribution in [-0.4, -0.2) is 10.9 Å². The molecule has 0 amide bonds. The Kier molecular flexibility index (Phi) is 2.63. The number of Topliss-reactive ketones (excluding diaryl/α,β-unsaturated/α-hetero) is 1. The molecule has 2 unspecified atom stereocenters. The molecule has 3 rings (SSSR count). The molecule has 0 bridgehead atoms. The Morgan fingerprint density at radius 2 is 2.05 bits per heavy atom. The first-order valence-corrected chi connectivity index (χ1v) is 6.31. The highest BCUT2D eigenvalue weighted by atomic mass is 19.1. The first-order chi connectivity index (χ1) is 9.13. The Hall–Kier alpha value is -2.15.